The molecule has 2 aromatic rings. The topological polar surface area (TPSA) is 53.6 Å². The third-order valence-corrected chi connectivity index (χ3v) is 2.83. The minimum Gasteiger partial charge on any atom is -0.358 e. The van der Waals surface area contributed by atoms with Gasteiger partial charge in [-0.1, -0.05) is 42.1 Å². The fraction of sp³-hybridized carbons (Fsp3) is 0.200. The van der Waals surface area contributed by atoms with Gasteiger partial charge in [0, 0.05) is 12.8 Å². The van der Waals surface area contributed by atoms with E-state index >= 15 is 0 Å². The Morgan fingerprint density at radius 3 is 2.80 bits per heavy atom. The standard InChI is InChI=1S/C10H12N4S/c1-11-9-12-10(14-13-9)15-7-8-5-3-2-4-6-8/h2-6H,7H2,1H3,(H2,11,12,13,14). The molecule has 4 nitrogen and oxygen atoms in total. The second-order valence-electron chi connectivity index (χ2n) is 2.99. The van der Waals surface area contributed by atoms with Crippen molar-refractivity contribution in [3.63, 3.8) is 0 Å². The van der Waals surface area contributed by atoms with Gasteiger partial charge in [0.25, 0.3) is 0 Å². The van der Waals surface area contributed by atoms with Crippen LogP contribution in [0.4, 0.5) is 5.95 Å². The molecule has 5 heteroatoms. The summed E-state index contributed by atoms with van der Waals surface area (Å²) in [5, 5.41) is 10.5. The van der Waals surface area contributed by atoms with Gasteiger partial charge in [0.15, 0.2) is 0 Å². The number of anilines is 1. The molecule has 1 heterocycles. The lowest BCUT2D eigenvalue weighted by atomic mass is 10.2. The van der Waals surface area contributed by atoms with Gasteiger partial charge in [-0.05, 0) is 5.56 Å². The highest BCUT2D eigenvalue weighted by atomic mass is 32.2. The third kappa shape index (κ3) is 2.73. The minimum atomic E-state index is 0.700. The number of thioether (sulfide) groups is 1. The first-order chi connectivity index (χ1) is 7.38. The van der Waals surface area contributed by atoms with Crippen molar-refractivity contribution in [2.24, 2.45) is 0 Å². The van der Waals surface area contributed by atoms with Crippen molar-refractivity contribution in [2.75, 3.05) is 12.4 Å². The lowest BCUT2D eigenvalue weighted by molar-refractivity contribution is 0.973. The van der Waals surface area contributed by atoms with Crippen LogP contribution in [-0.2, 0) is 5.75 Å². The molecule has 2 rings (SSSR count). The second-order valence-corrected chi connectivity index (χ2v) is 3.93. The van der Waals surface area contributed by atoms with Crippen LogP contribution in [0, 0.1) is 0 Å². The highest BCUT2D eigenvalue weighted by Gasteiger charge is 2.01. The quantitative estimate of drug-likeness (QED) is 0.775. The minimum absolute atomic E-state index is 0.700. The van der Waals surface area contributed by atoms with Crippen LogP contribution in [0.1, 0.15) is 5.56 Å². The highest BCUT2D eigenvalue weighted by molar-refractivity contribution is 7.98. The molecule has 0 bridgehead atoms. The van der Waals surface area contributed by atoms with Gasteiger partial charge >= 0.3 is 0 Å². The van der Waals surface area contributed by atoms with E-state index in [0.29, 0.717) is 5.95 Å². The van der Waals surface area contributed by atoms with Crippen LogP contribution >= 0.6 is 11.8 Å². The lowest BCUT2D eigenvalue weighted by Gasteiger charge is -1.96. The molecule has 0 aliphatic carbocycles. The molecule has 0 aliphatic heterocycles. The maximum atomic E-state index is 4.23. The van der Waals surface area contributed by atoms with Gasteiger partial charge in [0.05, 0.1) is 0 Å². The zero-order valence-electron chi connectivity index (χ0n) is 8.40. The molecule has 78 valence electrons. The van der Waals surface area contributed by atoms with E-state index in [9.17, 15) is 0 Å². The molecule has 0 aliphatic rings. The molecule has 0 saturated heterocycles. The van der Waals surface area contributed by atoms with E-state index in [1.165, 1.54) is 5.56 Å². The molecule has 0 fully saturated rings. The van der Waals surface area contributed by atoms with E-state index in [4.69, 9.17) is 0 Å². The van der Waals surface area contributed by atoms with Gasteiger partial charge < -0.3 is 5.32 Å². The molecule has 1 aromatic carbocycles. The van der Waals surface area contributed by atoms with Crippen LogP contribution in [0.2, 0.25) is 0 Å². The van der Waals surface area contributed by atoms with Crippen LogP contribution in [0.25, 0.3) is 0 Å². The van der Waals surface area contributed by atoms with Crippen molar-refractivity contribution in [3.8, 4) is 0 Å². The van der Waals surface area contributed by atoms with Crippen LogP contribution in [0.3, 0.4) is 0 Å². The SMILES string of the molecule is CNc1nc(SCc2ccccc2)n[nH]1. The lowest BCUT2D eigenvalue weighted by Crippen LogP contribution is -1.88. The number of hydrogen-bond donors (Lipinski definition) is 2. The molecule has 1 aromatic heterocycles. The number of aromatic amines is 1. The molecule has 0 amide bonds. The third-order valence-electron chi connectivity index (χ3n) is 1.91. The first kappa shape index (κ1) is 10.0. The fourth-order valence-corrected chi connectivity index (χ4v) is 1.90. The van der Waals surface area contributed by atoms with Crippen molar-refractivity contribution in [3.05, 3.63) is 35.9 Å². The molecular formula is C10H12N4S. The Morgan fingerprint density at radius 1 is 1.33 bits per heavy atom. The summed E-state index contributed by atoms with van der Waals surface area (Å²) in [6.07, 6.45) is 0. The number of benzene rings is 1. The zero-order valence-corrected chi connectivity index (χ0v) is 9.21. The normalized spacial score (nSPS) is 10.2. The molecule has 2 N–H and O–H groups in total. The summed E-state index contributed by atoms with van der Waals surface area (Å²) in [6.45, 7) is 0. The molecule has 0 radical (unpaired) electrons. The molecular weight excluding hydrogens is 208 g/mol. The smallest absolute Gasteiger partial charge is 0.219 e. The van der Waals surface area contributed by atoms with E-state index < -0.39 is 0 Å². The molecule has 0 unspecified atom stereocenters. The summed E-state index contributed by atoms with van der Waals surface area (Å²) < 4.78 is 0. The van der Waals surface area contributed by atoms with Crippen LogP contribution in [0.5, 0.6) is 0 Å². The van der Waals surface area contributed by atoms with E-state index in [0.717, 1.165) is 10.9 Å². The fourth-order valence-electron chi connectivity index (χ4n) is 1.14. The van der Waals surface area contributed by atoms with Crippen molar-refractivity contribution >= 4 is 17.7 Å². The number of nitrogens with zero attached hydrogens (tertiary/aromatic N) is 2. The predicted molar refractivity (Wildman–Crippen MR) is 61.9 cm³/mol. The largest absolute Gasteiger partial charge is 0.358 e. The maximum absolute atomic E-state index is 4.23. The summed E-state index contributed by atoms with van der Waals surface area (Å²) in [4.78, 5) is 4.23. The first-order valence-electron chi connectivity index (χ1n) is 4.65. The first-order valence-corrected chi connectivity index (χ1v) is 5.64. The Labute approximate surface area is 92.5 Å². The average molecular weight is 220 g/mol. The Balaban J connectivity index is 1.93. The molecule has 0 saturated carbocycles. The van der Waals surface area contributed by atoms with Gasteiger partial charge in [-0.2, -0.15) is 4.98 Å². The van der Waals surface area contributed by atoms with Gasteiger partial charge in [-0.25, -0.2) is 5.10 Å². The van der Waals surface area contributed by atoms with Gasteiger partial charge in [-0.3, -0.25) is 0 Å². The maximum Gasteiger partial charge on any atom is 0.219 e. The Morgan fingerprint density at radius 2 is 2.13 bits per heavy atom. The number of H-pyrrole nitrogens is 1. The van der Waals surface area contributed by atoms with Gasteiger partial charge in [0.2, 0.25) is 11.1 Å². The number of hydrogen-bond acceptors (Lipinski definition) is 4. The average Bonchev–Trinajstić information content (AvgIpc) is 2.76. The summed E-state index contributed by atoms with van der Waals surface area (Å²) in [5.41, 5.74) is 1.28. The number of nitrogens with one attached hydrogen (secondary N) is 2. The second kappa shape index (κ2) is 4.84. The van der Waals surface area contributed by atoms with Crippen molar-refractivity contribution < 1.29 is 0 Å². The Hall–Kier alpha value is -1.49. The van der Waals surface area contributed by atoms with E-state index in [2.05, 4.69) is 32.6 Å². The van der Waals surface area contributed by atoms with E-state index in [1.807, 2.05) is 25.2 Å². The zero-order chi connectivity index (χ0) is 10.5. The molecule has 15 heavy (non-hydrogen) atoms. The Bertz CT molecular complexity index is 412. The van der Waals surface area contributed by atoms with Gasteiger partial charge in [-0.15, -0.1) is 5.10 Å². The number of aromatic nitrogens is 3. The summed E-state index contributed by atoms with van der Waals surface area (Å²) >= 11 is 1.62. The van der Waals surface area contributed by atoms with E-state index in [1.54, 1.807) is 11.8 Å². The Kier molecular flexibility index (Phi) is 3.24. The van der Waals surface area contributed by atoms with Crippen LogP contribution in [-0.4, -0.2) is 22.2 Å². The van der Waals surface area contributed by atoms with E-state index in [-0.39, 0.29) is 0 Å². The molecule has 0 atom stereocenters. The van der Waals surface area contributed by atoms with Crippen LogP contribution in [0.15, 0.2) is 35.5 Å². The van der Waals surface area contributed by atoms with Crippen LogP contribution < -0.4 is 5.32 Å². The van der Waals surface area contributed by atoms with Crippen molar-refractivity contribution in [1.29, 1.82) is 0 Å². The van der Waals surface area contributed by atoms with Crippen molar-refractivity contribution in [2.45, 2.75) is 10.9 Å². The predicted octanol–water partition coefficient (Wildman–Crippen LogP) is 2.14. The monoisotopic (exact) mass is 220 g/mol. The summed E-state index contributed by atoms with van der Waals surface area (Å²) in [6, 6.07) is 10.3. The highest BCUT2D eigenvalue weighted by Crippen LogP contribution is 2.19. The van der Waals surface area contributed by atoms with Crippen molar-refractivity contribution in [1.82, 2.24) is 15.2 Å². The summed E-state index contributed by atoms with van der Waals surface area (Å²) in [7, 11) is 1.81. The number of rotatable bonds is 4. The molecule has 0 spiro atoms. The summed E-state index contributed by atoms with van der Waals surface area (Å²) in [5.74, 6) is 1.59. The van der Waals surface area contributed by atoms with Gasteiger partial charge in [0.1, 0.15) is 0 Å².